The van der Waals surface area contributed by atoms with E-state index in [2.05, 4.69) is 61.5 Å². The summed E-state index contributed by atoms with van der Waals surface area (Å²) in [5, 5.41) is 0.626. The summed E-state index contributed by atoms with van der Waals surface area (Å²) in [5.74, 6) is 0.384. The lowest BCUT2D eigenvalue weighted by molar-refractivity contribution is 0.704. The van der Waals surface area contributed by atoms with Crippen LogP contribution in [0, 0.1) is 0 Å². The zero-order chi connectivity index (χ0) is 19.9. The second-order valence-corrected chi connectivity index (χ2v) is 6.98. The average Bonchev–Trinajstić information content (AvgIpc) is 2.66. The zero-order valence-electron chi connectivity index (χ0n) is 16.9. The van der Waals surface area contributed by atoms with E-state index in [-0.39, 0.29) is 0 Å². The quantitative estimate of drug-likeness (QED) is 0.124. The molecule has 0 aromatic carbocycles. The zero-order valence-corrected chi connectivity index (χ0v) is 17.7. The molecule has 1 atom stereocenters. The van der Waals surface area contributed by atoms with Crippen LogP contribution >= 0.6 is 11.6 Å². The van der Waals surface area contributed by atoms with Crippen LogP contribution in [0.1, 0.15) is 64.4 Å². The Labute approximate surface area is 170 Å². The van der Waals surface area contributed by atoms with E-state index in [9.17, 15) is 0 Å². The summed E-state index contributed by atoms with van der Waals surface area (Å²) >= 11 is 6.26. The first-order valence-corrected chi connectivity index (χ1v) is 10.1. The van der Waals surface area contributed by atoms with E-state index in [1.54, 1.807) is 6.20 Å². The Bertz CT molecular complexity index is 730. The van der Waals surface area contributed by atoms with Gasteiger partial charge in [0, 0.05) is 6.20 Å². The molecule has 0 saturated carbocycles. The van der Waals surface area contributed by atoms with Crippen molar-refractivity contribution in [2.45, 2.75) is 58.8 Å². The Balaban J connectivity index is 2.67. The number of pyridine rings is 1. The van der Waals surface area contributed by atoms with Crippen molar-refractivity contribution < 1.29 is 0 Å². The van der Waals surface area contributed by atoms with Gasteiger partial charge in [-0.15, -0.1) is 5.73 Å². The molecule has 144 valence electrons. The predicted octanol–water partition coefficient (Wildman–Crippen LogP) is 8.14. The minimum Gasteiger partial charge on any atom is -0.244 e. The highest BCUT2D eigenvalue weighted by atomic mass is 35.5. The van der Waals surface area contributed by atoms with E-state index in [0.717, 1.165) is 43.2 Å². The van der Waals surface area contributed by atoms with Crippen molar-refractivity contribution in [3.63, 3.8) is 0 Å². The number of hydrogen-bond acceptors (Lipinski definition) is 1. The van der Waals surface area contributed by atoms with Crippen molar-refractivity contribution in [3.8, 4) is 0 Å². The molecular formula is C25H32ClN. The smallest absolute Gasteiger partial charge is 0.132 e. The molecule has 0 bridgehead atoms. The molecule has 0 spiro atoms. The van der Waals surface area contributed by atoms with E-state index in [1.807, 2.05) is 31.2 Å². The lowest BCUT2D eigenvalue weighted by Gasteiger charge is -2.15. The van der Waals surface area contributed by atoms with Crippen molar-refractivity contribution >= 4 is 11.6 Å². The van der Waals surface area contributed by atoms with E-state index in [4.69, 9.17) is 11.6 Å². The first-order chi connectivity index (χ1) is 13.1. The highest BCUT2D eigenvalue weighted by Crippen LogP contribution is 2.29. The highest BCUT2D eigenvalue weighted by Gasteiger charge is 2.11. The maximum atomic E-state index is 6.26. The number of rotatable bonds is 11. The molecule has 0 N–H and O–H groups in total. The minimum atomic E-state index is 0.384. The summed E-state index contributed by atoms with van der Waals surface area (Å²) in [6, 6.07) is 4.04. The van der Waals surface area contributed by atoms with Crippen LogP contribution < -0.4 is 0 Å². The van der Waals surface area contributed by atoms with E-state index < -0.39 is 0 Å². The van der Waals surface area contributed by atoms with Gasteiger partial charge in [0.15, 0.2) is 0 Å². The van der Waals surface area contributed by atoms with Gasteiger partial charge in [-0.05, 0) is 67.9 Å². The van der Waals surface area contributed by atoms with Crippen molar-refractivity contribution in [1.82, 2.24) is 4.98 Å². The van der Waals surface area contributed by atoms with Crippen molar-refractivity contribution in [3.05, 3.63) is 95.0 Å². The molecule has 0 radical (unpaired) electrons. The van der Waals surface area contributed by atoms with Crippen LogP contribution in [0.5, 0.6) is 0 Å². The largest absolute Gasteiger partial charge is 0.244 e. The first kappa shape index (κ1) is 23.0. The lowest BCUT2D eigenvalue weighted by Crippen LogP contribution is -1.98. The molecule has 27 heavy (non-hydrogen) atoms. The molecule has 1 aromatic rings. The standard InChI is InChI=1S/C25H32ClN/c1-5-8-15-22(13-6-2)16-10-9-11-17-23(14-7-3)20-21(4)24-18-12-19-27-25(24)26/h6,8,10,12-13,15-19,21H,1,7,9,11,14,20H2,2-4H3/b13-6-,16-10+,22-15+,23-17+. The predicted molar refractivity (Wildman–Crippen MR) is 120 cm³/mol. The molecule has 0 amide bonds. The van der Waals surface area contributed by atoms with Crippen LogP contribution in [0.2, 0.25) is 5.15 Å². The Morgan fingerprint density at radius 1 is 1.33 bits per heavy atom. The SMILES string of the molecule is C=C=C/C=C(\C=C/C)/C=C/CC/C=C(\CCC)CC(C)c1cccnc1Cl. The van der Waals surface area contributed by atoms with Gasteiger partial charge in [0.1, 0.15) is 5.15 Å². The van der Waals surface area contributed by atoms with Crippen LogP contribution in [-0.2, 0) is 0 Å². The molecule has 1 heterocycles. The summed E-state index contributed by atoms with van der Waals surface area (Å²) in [5.41, 5.74) is 6.59. The van der Waals surface area contributed by atoms with Crippen LogP contribution in [0.3, 0.4) is 0 Å². The average molecular weight is 382 g/mol. The van der Waals surface area contributed by atoms with Gasteiger partial charge in [-0.25, -0.2) is 4.98 Å². The van der Waals surface area contributed by atoms with Gasteiger partial charge in [-0.1, -0.05) is 80.5 Å². The number of hydrogen-bond donors (Lipinski definition) is 0. The number of halogens is 1. The van der Waals surface area contributed by atoms with Gasteiger partial charge in [0.05, 0.1) is 0 Å². The second kappa shape index (κ2) is 14.0. The summed E-state index contributed by atoms with van der Waals surface area (Å²) in [7, 11) is 0. The third-order valence-corrected chi connectivity index (χ3v) is 4.60. The normalized spacial score (nSPS) is 13.9. The first-order valence-electron chi connectivity index (χ1n) is 9.76. The highest BCUT2D eigenvalue weighted by molar-refractivity contribution is 6.30. The third kappa shape index (κ3) is 9.43. The molecule has 1 nitrogen and oxygen atoms in total. The monoisotopic (exact) mass is 381 g/mol. The number of unbranched alkanes of at least 4 members (excludes halogenated alkanes) is 1. The topological polar surface area (TPSA) is 12.9 Å². The molecule has 0 aliphatic rings. The molecule has 0 aliphatic carbocycles. The van der Waals surface area contributed by atoms with Crippen molar-refractivity contribution in [2.75, 3.05) is 0 Å². The summed E-state index contributed by atoms with van der Waals surface area (Å²) in [4.78, 5) is 4.21. The molecule has 0 saturated heterocycles. The fraction of sp³-hybridized carbons (Fsp3) is 0.360. The molecule has 2 heteroatoms. The molecular weight excluding hydrogens is 350 g/mol. The van der Waals surface area contributed by atoms with Crippen LogP contribution in [0.15, 0.2) is 84.3 Å². The van der Waals surface area contributed by atoms with E-state index in [1.165, 1.54) is 5.57 Å². The summed E-state index contributed by atoms with van der Waals surface area (Å²) in [6.45, 7) is 10.1. The number of allylic oxidation sites excluding steroid dienone is 9. The van der Waals surface area contributed by atoms with E-state index in [0.29, 0.717) is 11.1 Å². The molecule has 1 aromatic heterocycles. The van der Waals surface area contributed by atoms with E-state index >= 15 is 0 Å². The maximum absolute atomic E-state index is 6.26. The fourth-order valence-corrected chi connectivity index (χ4v) is 3.30. The fourth-order valence-electron chi connectivity index (χ4n) is 3.00. The lowest BCUT2D eigenvalue weighted by atomic mass is 9.92. The maximum Gasteiger partial charge on any atom is 0.132 e. The van der Waals surface area contributed by atoms with Crippen molar-refractivity contribution in [2.24, 2.45) is 0 Å². The number of aromatic nitrogens is 1. The Morgan fingerprint density at radius 2 is 2.15 bits per heavy atom. The van der Waals surface area contributed by atoms with Gasteiger partial charge >= 0.3 is 0 Å². The minimum absolute atomic E-state index is 0.384. The van der Waals surface area contributed by atoms with Gasteiger partial charge in [0.2, 0.25) is 0 Å². The Kier molecular flexibility index (Phi) is 11.9. The van der Waals surface area contributed by atoms with Gasteiger partial charge in [0.25, 0.3) is 0 Å². The van der Waals surface area contributed by atoms with Gasteiger partial charge in [-0.3, -0.25) is 0 Å². The van der Waals surface area contributed by atoms with Crippen LogP contribution in [0.25, 0.3) is 0 Å². The third-order valence-electron chi connectivity index (χ3n) is 4.29. The summed E-state index contributed by atoms with van der Waals surface area (Å²) in [6.07, 6.45) is 21.9. The Morgan fingerprint density at radius 3 is 2.81 bits per heavy atom. The van der Waals surface area contributed by atoms with Crippen LogP contribution in [-0.4, -0.2) is 4.98 Å². The molecule has 0 aliphatic heterocycles. The summed E-state index contributed by atoms with van der Waals surface area (Å²) < 4.78 is 0. The van der Waals surface area contributed by atoms with Gasteiger partial charge in [-0.2, -0.15) is 0 Å². The number of nitrogens with zero attached hydrogens (tertiary/aromatic N) is 1. The van der Waals surface area contributed by atoms with Crippen LogP contribution in [0.4, 0.5) is 0 Å². The second-order valence-electron chi connectivity index (χ2n) is 6.62. The molecule has 0 fully saturated rings. The molecule has 1 unspecified atom stereocenters. The molecule has 1 rings (SSSR count). The Hall–Kier alpha value is -2.08. The van der Waals surface area contributed by atoms with Gasteiger partial charge < -0.3 is 0 Å². The van der Waals surface area contributed by atoms with Crippen molar-refractivity contribution in [1.29, 1.82) is 0 Å².